The number of guanidine groups is 1. The molecule has 0 radical (unpaired) electrons. The Hall–Kier alpha value is -0.810. The minimum atomic E-state index is 0.486. The summed E-state index contributed by atoms with van der Waals surface area (Å²) >= 11 is 0. The van der Waals surface area contributed by atoms with Crippen LogP contribution < -0.4 is 11.2 Å². The maximum Gasteiger partial charge on any atom is 0.203 e. The highest BCUT2D eigenvalue weighted by Gasteiger charge is 2.13. The van der Waals surface area contributed by atoms with E-state index in [0.717, 1.165) is 26.2 Å². The Kier molecular flexibility index (Phi) is 3.31. The van der Waals surface area contributed by atoms with Gasteiger partial charge in [-0.2, -0.15) is 0 Å². The van der Waals surface area contributed by atoms with Crippen LogP contribution in [0.2, 0.25) is 0 Å². The smallest absolute Gasteiger partial charge is 0.203 e. The van der Waals surface area contributed by atoms with Crippen LogP contribution in [0.15, 0.2) is 4.99 Å². The Balaban J connectivity index is 2.26. The molecular formula is C7H17N5. The maximum atomic E-state index is 5.52. The van der Waals surface area contributed by atoms with Crippen LogP contribution in [0.1, 0.15) is 0 Å². The zero-order valence-electron chi connectivity index (χ0n) is 7.75. The molecule has 0 atom stereocenters. The number of hydrogen-bond donors (Lipinski definition) is 2. The van der Waals surface area contributed by atoms with Gasteiger partial charge in [0.2, 0.25) is 5.96 Å². The zero-order valence-corrected chi connectivity index (χ0v) is 7.75. The van der Waals surface area contributed by atoms with Crippen molar-refractivity contribution in [1.29, 1.82) is 0 Å². The number of nitrogens with zero attached hydrogens (tertiary/aromatic N) is 3. The van der Waals surface area contributed by atoms with Crippen LogP contribution >= 0.6 is 0 Å². The number of rotatable bonds is 1. The van der Waals surface area contributed by atoms with E-state index in [9.17, 15) is 0 Å². The van der Waals surface area contributed by atoms with Crippen molar-refractivity contribution in [2.75, 3.05) is 40.3 Å². The lowest BCUT2D eigenvalue weighted by molar-refractivity contribution is 0.130. The standard InChI is InChI=1S/C7H17N5/c1-9-7(8)10-12-5-3-11(2)4-6-12/h3-6H2,1-2H3,(H3,8,9,10). The molecule has 0 aromatic heterocycles. The molecular weight excluding hydrogens is 154 g/mol. The van der Waals surface area contributed by atoms with Gasteiger partial charge >= 0.3 is 0 Å². The van der Waals surface area contributed by atoms with Gasteiger partial charge < -0.3 is 10.6 Å². The summed E-state index contributed by atoms with van der Waals surface area (Å²) in [7, 11) is 3.80. The fourth-order valence-corrected chi connectivity index (χ4v) is 1.13. The number of hydrazine groups is 1. The van der Waals surface area contributed by atoms with Gasteiger partial charge in [-0.25, -0.2) is 5.01 Å². The van der Waals surface area contributed by atoms with Crippen molar-refractivity contribution < 1.29 is 0 Å². The molecule has 0 spiro atoms. The van der Waals surface area contributed by atoms with Gasteiger partial charge in [-0.1, -0.05) is 0 Å². The van der Waals surface area contributed by atoms with E-state index in [1.54, 1.807) is 7.05 Å². The van der Waals surface area contributed by atoms with Gasteiger partial charge in [0, 0.05) is 33.2 Å². The first-order chi connectivity index (χ1) is 5.72. The largest absolute Gasteiger partial charge is 0.369 e. The van der Waals surface area contributed by atoms with Crippen LogP contribution in [0.5, 0.6) is 0 Å². The topological polar surface area (TPSA) is 56.9 Å². The van der Waals surface area contributed by atoms with E-state index in [0.29, 0.717) is 5.96 Å². The van der Waals surface area contributed by atoms with Crippen molar-refractivity contribution in [3.05, 3.63) is 0 Å². The summed E-state index contributed by atoms with van der Waals surface area (Å²) in [6.07, 6.45) is 0. The lowest BCUT2D eigenvalue weighted by atomic mass is 10.4. The van der Waals surface area contributed by atoms with Crippen molar-refractivity contribution >= 4 is 5.96 Å². The summed E-state index contributed by atoms with van der Waals surface area (Å²) in [5.41, 5.74) is 8.55. The minimum Gasteiger partial charge on any atom is -0.369 e. The van der Waals surface area contributed by atoms with E-state index >= 15 is 0 Å². The van der Waals surface area contributed by atoms with Crippen LogP contribution in [0.25, 0.3) is 0 Å². The molecule has 0 bridgehead atoms. The molecule has 0 aromatic rings. The highest BCUT2D eigenvalue weighted by molar-refractivity contribution is 5.77. The van der Waals surface area contributed by atoms with Crippen molar-refractivity contribution in [2.24, 2.45) is 10.7 Å². The Morgan fingerprint density at radius 1 is 1.33 bits per heavy atom. The minimum absolute atomic E-state index is 0.486. The second kappa shape index (κ2) is 4.27. The summed E-state index contributed by atoms with van der Waals surface area (Å²) in [6, 6.07) is 0. The summed E-state index contributed by atoms with van der Waals surface area (Å²) in [6.45, 7) is 4.13. The van der Waals surface area contributed by atoms with Crippen molar-refractivity contribution in [3.8, 4) is 0 Å². The highest BCUT2D eigenvalue weighted by atomic mass is 15.6. The highest BCUT2D eigenvalue weighted by Crippen LogP contribution is 1.94. The molecule has 0 amide bonds. The van der Waals surface area contributed by atoms with Crippen molar-refractivity contribution in [1.82, 2.24) is 15.3 Å². The number of likely N-dealkylation sites (N-methyl/N-ethyl adjacent to an activating group) is 1. The fourth-order valence-electron chi connectivity index (χ4n) is 1.13. The Morgan fingerprint density at radius 2 is 1.92 bits per heavy atom. The van der Waals surface area contributed by atoms with Crippen LogP contribution in [0, 0.1) is 0 Å². The van der Waals surface area contributed by atoms with Gasteiger partial charge in [0.05, 0.1) is 0 Å². The molecule has 0 unspecified atom stereocenters. The SMILES string of the molecule is CN=C(N)NN1CCN(C)CC1. The third-order valence-corrected chi connectivity index (χ3v) is 2.02. The quantitative estimate of drug-likeness (QED) is 0.380. The Labute approximate surface area is 73.2 Å². The average molecular weight is 171 g/mol. The molecule has 1 heterocycles. The molecule has 3 N–H and O–H groups in total. The molecule has 5 heteroatoms. The van der Waals surface area contributed by atoms with E-state index < -0.39 is 0 Å². The predicted octanol–water partition coefficient (Wildman–Crippen LogP) is -1.32. The first kappa shape index (κ1) is 9.28. The fraction of sp³-hybridized carbons (Fsp3) is 0.857. The molecule has 1 aliphatic rings. The Bertz CT molecular complexity index is 159. The van der Waals surface area contributed by atoms with E-state index in [1.807, 2.05) is 0 Å². The predicted molar refractivity (Wildman–Crippen MR) is 49.8 cm³/mol. The number of nitrogens with two attached hydrogens (primary N) is 1. The molecule has 12 heavy (non-hydrogen) atoms. The van der Waals surface area contributed by atoms with Crippen molar-refractivity contribution in [3.63, 3.8) is 0 Å². The molecule has 1 rings (SSSR count). The molecule has 0 saturated carbocycles. The van der Waals surface area contributed by atoms with Crippen LogP contribution in [-0.2, 0) is 0 Å². The molecule has 1 fully saturated rings. The third-order valence-electron chi connectivity index (χ3n) is 2.02. The molecule has 1 aliphatic heterocycles. The summed E-state index contributed by atoms with van der Waals surface area (Å²) in [5, 5.41) is 2.09. The van der Waals surface area contributed by atoms with E-state index in [2.05, 4.69) is 27.4 Å². The van der Waals surface area contributed by atoms with Crippen LogP contribution in [-0.4, -0.2) is 56.1 Å². The molecule has 5 nitrogen and oxygen atoms in total. The molecule has 0 aromatic carbocycles. The first-order valence-electron chi connectivity index (χ1n) is 4.15. The van der Waals surface area contributed by atoms with Gasteiger partial charge in [-0.05, 0) is 7.05 Å². The first-order valence-corrected chi connectivity index (χ1v) is 4.15. The van der Waals surface area contributed by atoms with E-state index in [-0.39, 0.29) is 0 Å². The van der Waals surface area contributed by atoms with Gasteiger partial charge in [0.1, 0.15) is 0 Å². The maximum absolute atomic E-state index is 5.52. The molecule has 0 aliphatic carbocycles. The number of hydrogen-bond acceptors (Lipinski definition) is 3. The normalized spacial score (nSPS) is 22.7. The monoisotopic (exact) mass is 171 g/mol. The number of nitrogens with one attached hydrogen (secondary N) is 1. The van der Waals surface area contributed by atoms with Crippen LogP contribution in [0.3, 0.4) is 0 Å². The lowest BCUT2D eigenvalue weighted by Crippen LogP contribution is -2.54. The average Bonchev–Trinajstić information content (AvgIpc) is 2.09. The van der Waals surface area contributed by atoms with E-state index in [4.69, 9.17) is 5.73 Å². The lowest BCUT2D eigenvalue weighted by Gasteiger charge is -2.32. The van der Waals surface area contributed by atoms with Crippen molar-refractivity contribution in [2.45, 2.75) is 0 Å². The van der Waals surface area contributed by atoms with Gasteiger partial charge in [-0.3, -0.25) is 10.4 Å². The molecule has 70 valence electrons. The second-order valence-corrected chi connectivity index (χ2v) is 3.01. The van der Waals surface area contributed by atoms with Gasteiger partial charge in [0.15, 0.2) is 0 Å². The summed E-state index contributed by atoms with van der Waals surface area (Å²) in [5.74, 6) is 0.486. The summed E-state index contributed by atoms with van der Waals surface area (Å²) in [4.78, 5) is 6.12. The van der Waals surface area contributed by atoms with Gasteiger partial charge in [0.25, 0.3) is 0 Å². The van der Waals surface area contributed by atoms with Crippen LogP contribution in [0.4, 0.5) is 0 Å². The van der Waals surface area contributed by atoms with Gasteiger partial charge in [-0.15, -0.1) is 0 Å². The number of aliphatic imine (C=N–C) groups is 1. The third kappa shape index (κ3) is 2.67. The Morgan fingerprint density at radius 3 is 2.42 bits per heavy atom. The summed E-state index contributed by atoms with van der Waals surface area (Å²) < 4.78 is 0. The van der Waals surface area contributed by atoms with E-state index in [1.165, 1.54) is 0 Å². The number of piperazine rings is 1. The second-order valence-electron chi connectivity index (χ2n) is 3.01. The zero-order chi connectivity index (χ0) is 8.97. The molecule has 1 saturated heterocycles.